The van der Waals surface area contributed by atoms with E-state index in [4.69, 9.17) is 5.26 Å². The van der Waals surface area contributed by atoms with E-state index in [0.29, 0.717) is 23.7 Å². The maximum atomic E-state index is 11.9. The minimum atomic E-state index is -0.00620. The first-order valence-electron chi connectivity index (χ1n) is 6.49. The Morgan fingerprint density at radius 1 is 1.56 bits per heavy atom. The summed E-state index contributed by atoms with van der Waals surface area (Å²) >= 11 is 0. The van der Waals surface area contributed by atoms with Crippen molar-refractivity contribution in [3.63, 3.8) is 0 Å². The van der Waals surface area contributed by atoms with Crippen LogP contribution in [0.4, 0.5) is 5.82 Å². The fourth-order valence-corrected chi connectivity index (χ4v) is 3.52. The number of hydrogen-bond acceptors (Lipinski definition) is 3. The van der Waals surface area contributed by atoms with Gasteiger partial charge in [0.15, 0.2) is 0 Å². The van der Waals surface area contributed by atoms with Crippen molar-refractivity contribution in [3.8, 4) is 6.07 Å². The second kappa shape index (κ2) is 4.45. The Labute approximate surface area is 106 Å². The summed E-state index contributed by atoms with van der Waals surface area (Å²) in [6, 6.07) is 1.99. The topological polar surface area (TPSA) is 81.6 Å². The molecular formula is C13H16N4O. The average Bonchev–Trinajstić information content (AvgIpc) is 3.04. The van der Waals surface area contributed by atoms with Crippen molar-refractivity contribution in [1.29, 1.82) is 5.26 Å². The normalized spacial score (nSPS) is 29.2. The van der Waals surface area contributed by atoms with Crippen LogP contribution in [0.2, 0.25) is 0 Å². The highest BCUT2D eigenvalue weighted by Crippen LogP contribution is 2.49. The maximum Gasteiger partial charge on any atom is 0.225 e. The van der Waals surface area contributed by atoms with Gasteiger partial charge in [-0.05, 0) is 37.0 Å². The summed E-state index contributed by atoms with van der Waals surface area (Å²) in [7, 11) is 0. The summed E-state index contributed by atoms with van der Waals surface area (Å²) < 4.78 is 0. The fraction of sp³-hybridized carbons (Fsp3) is 0.615. The molecule has 0 aliphatic heterocycles. The molecule has 0 spiro atoms. The molecule has 2 bridgehead atoms. The van der Waals surface area contributed by atoms with Crippen molar-refractivity contribution in [1.82, 2.24) is 10.2 Å². The van der Waals surface area contributed by atoms with E-state index in [1.165, 1.54) is 31.9 Å². The molecule has 0 aromatic carbocycles. The fourth-order valence-electron chi connectivity index (χ4n) is 3.52. The van der Waals surface area contributed by atoms with Crippen LogP contribution in [0.3, 0.4) is 0 Å². The lowest BCUT2D eigenvalue weighted by molar-refractivity contribution is -0.117. The highest BCUT2D eigenvalue weighted by molar-refractivity contribution is 5.91. The molecule has 5 nitrogen and oxygen atoms in total. The summed E-state index contributed by atoms with van der Waals surface area (Å²) in [6.07, 6.45) is 7.15. The van der Waals surface area contributed by atoms with Crippen molar-refractivity contribution in [2.45, 2.75) is 32.1 Å². The number of anilines is 1. The van der Waals surface area contributed by atoms with Gasteiger partial charge >= 0.3 is 0 Å². The van der Waals surface area contributed by atoms with Crippen LogP contribution in [0.5, 0.6) is 0 Å². The lowest BCUT2D eigenvalue weighted by atomic mass is 9.86. The van der Waals surface area contributed by atoms with Crippen LogP contribution in [0, 0.1) is 29.1 Å². The van der Waals surface area contributed by atoms with E-state index < -0.39 is 0 Å². The molecule has 1 aromatic rings. The molecule has 2 fully saturated rings. The maximum absolute atomic E-state index is 11.9. The number of fused-ring (bicyclic) bond motifs is 2. The number of aromatic amines is 1. The summed E-state index contributed by atoms with van der Waals surface area (Å²) in [4.78, 5) is 11.9. The molecule has 18 heavy (non-hydrogen) atoms. The van der Waals surface area contributed by atoms with E-state index in [1.54, 1.807) is 0 Å². The number of hydrogen-bond donors (Lipinski definition) is 2. The lowest BCUT2D eigenvalue weighted by Crippen LogP contribution is -2.20. The molecule has 1 amide bonds. The Morgan fingerprint density at radius 2 is 2.44 bits per heavy atom. The van der Waals surface area contributed by atoms with Crippen LogP contribution in [0.1, 0.15) is 37.7 Å². The third-order valence-corrected chi connectivity index (χ3v) is 4.36. The lowest BCUT2D eigenvalue weighted by Gasteiger charge is -2.20. The standard InChI is InChI=1S/C13H16N4O/c14-6-11-7-15-17-13(11)16-12(18)5-10-4-8-1-2-9(10)3-8/h7-10H,1-5H2,(H2,15,16,17,18). The first-order chi connectivity index (χ1) is 8.76. The smallest absolute Gasteiger partial charge is 0.225 e. The van der Waals surface area contributed by atoms with Gasteiger partial charge in [0.2, 0.25) is 5.91 Å². The molecule has 0 radical (unpaired) electrons. The quantitative estimate of drug-likeness (QED) is 0.853. The molecule has 2 saturated carbocycles. The SMILES string of the molecule is N#Cc1cn[nH]c1NC(=O)CC1CC2CCC1C2. The average molecular weight is 244 g/mol. The zero-order chi connectivity index (χ0) is 12.5. The van der Waals surface area contributed by atoms with E-state index in [0.717, 1.165) is 11.8 Å². The molecule has 0 saturated heterocycles. The first-order valence-corrected chi connectivity index (χ1v) is 6.49. The Bertz CT molecular complexity index is 501. The van der Waals surface area contributed by atoms with Gasteiger partial charge in [-0.1, -0.05) is 6.42 Å². The van der Waals surface area contributed by atoms with E-state index in [-0.39, 0.29) is 5.91 Å². The number of H-pyrrole nitrogens is 1. The van der Waals surface area contributed by atoms with Crippen molar-refractivity contribution in [3.05, 3.63) is 11.8 Å². The molecular weight excluding hydrogens is 228 g/mol. The van der Waals surface area contributed by atoms with Crippen LogP contribution in [-0.2, 0) is 4.79 Å². The molecule has 1 heterocycles. The van der Waals surface area contributed by atoms with Gasteiger partial charge in [0.25, 0.3) is 0 Å². The highest BCUT2D eigenvalue weighted by Gasteiger charge is 2.40. The second-order valence-corrected chi connectivity index (χ2v) is 5.46. The van der Waals surface area contributed by atoms with E-state index in [1.807, 2.05) is 6.07 Å². The molecule has 94 valence electrons. The monoisotopic (exact) mass is 244 g/mol. The van der Waals surface area contributed by atoms with Gasteiger partial charge in [-0.3, -0.25) is 9.89 Å². The zero-order valence-corrected chi connectivity index (χ0v) is 10.1. The van der Waals surface area contributed by atoms with Gasteiger partial charge in [-0.25, -0.2) is 0 Å². The summed E-state index contributed by atoms with van der Waals surface area (Å²) in [5, 5.41) is 18.0. The van der Waals surface area contributed by atoms with Crippen molar-refractivity contribution in [2.75, 3.05) is 5.32 Å². The Morgan fingerprint density at radius 3 is 3.11 bits per heavy atom. The van der Waals surface area contributed by atoms with Crippen molar-refractivity contribution >= 4 is 11.7 Å². The van der Waals surface area contributed by atoms with Crippen molar-refractivity contribution in [2.24, 2.45) is 17.8 Å². The van der Waals surface area contributed by atoms with Gasteiger partial charge in [0.05, 0.1) is 6.20 Å². The number of nitriles is 1. The Balaban J connectivity index is 1.58. The predicted molar refractivity (Wildman–Crippen MR) is 65.5 cm³/mol. The van der Waals surface area contributed by atoms with Gasteiger partial charge in [-0.15, -0.1) is 0 Å². The molecule has 3 rings (SSSR count). The van der Waals surface area contributed by atoms with Crippen LogP contribution in [0.25, 0.3) is 0 Å². The van der Waals surface area contributed by atoms with Crippen LogP contribution >= 0.6 is 0 Å². The Hall–Kier alpha value is -1.83. The second-order valence-electron chi connectivity index (χ2n) is 5.46. The van der Waals surface area contributed by atoms with Crippen molar-refractivity contribution < 1.29 is 4.79 Å². The van der Waals surface area contributed by atoms with Gasteiger partial charge < -0.3 is 5.32 Å². The number of carbonyl (C=O) groups is 1. The third kappa shape index (κ3) is 1.99. The summed E-state index contributed by atoms with van der Waals surface area (Å²) in [6.45, 7) is 0. The largest absolute Gasteiger partial charge is 0.310 e. The molecule has 1 aromatic heterocycles. The first kappa shape index (κ1) is 11.3. The molecule has 3 atom stereocenters. The number of amides is 1. The molecule has 2 aliphatic carbocycles. The van der Waals surface area contributed by atoms with Crippen LogP contribution in [0.15, 0.2) is 6.20 Å². The van der Waals surface area contributed by atoms with Gasteiger partial charge in [0.1, 0.15) is 17.5 Å². The minimum absolute atomic E-state index is 0.00620. The van der Waals surface area contributed by atoms with Crippen LogP contribution in [-0.4, -0.2) is 16.1 Å². The minimum Gasteiger partial charge on any atom is -0.310 e. The van der Waals surface area contributed by atoms with Gasteiger partial charge in [-0.2, -0.15) is 10.4 Å². The summed E-state index contributed by atoms with van der Waals surface area (Å²) in [5.41, 5.74) is 0.385. The zero-order valence-electron chi connectivity index (χ0n) is 10.1. The molecule has 2 aliphatic rings. The number of nitrogens with one attached hydrogen (secondary N) is 2. The third-order valence-electron chi connectivity index (χ3n) is 4.36. The number of nitrogens with zero attached hydrogens (tertiary/aromatic N) is 2. The highest BCUT2D eigenvalue weighted by atomic mass is 16.1. The summed E-state index contributed by atoms with van der Waals surface area (Å²) in [5.74, 6) is 2.56. The number of aromatic nitrogens is 2. The molecule has 2 N–H and O–H groups in total. The molecule has 5 heteroatoms. The number of rotatable bonds is 3. The van der Waals surface area contributed by atoms with E-state index >= 15 is 0 Å². The Kier molecular flexibility index (Phi) is 2.78. The van der Waals surface area contributed by atoms with Crippen LogP contribution < -0.4 is 5.32 Å². The predicted octanol–water partition coefficient (Wildman–Crippen LogP) is 2.05. The number of carbonyl (C=O) groups excluding carboxylic acids is 1. The molecule has 3 unspecified atom stereocenters. The van der Waals surface area contributed by atoms with E-state index in [2.05, 4.69) is 15.5 Å². The van der Waals surface area contributed by atoms with Gasteiger partial charge in [0, 0.05) is 6.42 Å². The van der Waals surface area contributed by atoms with E-state index in [9.17, 15) is 4.79 Å².